The molecule has 0 saturated carbocycles. The lowest BCUT2D eigenvalue weighted by atomic mass is 9.95. The fourth-order valence-electron chi connectivity index (χ4n) is 2.63. The summed E-state index contributed by atoms with van der Waals surface area (Å²) in [4.78, 5) is 14.3. The van der Waals surface area contributed by atoms with Gasteiger partial charge in [-0.05, 0) is 12.1 Å². The number of nitrogens with zero attached hydrogens (tertiary/aromatic N) is 3. The molecule has 0 radical (unpaired) electrons. The number of H-pyrrole nitrogens is 1. The highest BCUT2D eigenvalue weighted by molar-refractivity contribution is 9.25. The Morgan fingerprint density at radius 1 is 1.57 bits per heavy atom. The van der Waals surface area contributed by atoms with Crippen LogP contribution in [-0.2, 0) is 10.3 Å². The maximum Gasteiger partial charge on any atom is 0.276 e. The van der Waals surface area contributed by atoms with Crippen LogP contribution in [0.25, 0.3) is 5.52 Å². The van der Waals surface area contributed by atoms with Gasteiger partial charge in [-0.25, -0.2) is 4.52 Å². The molecule has 0 aromatic carbocycles. The highest BCUT2D eigenvalue weighted by Gasteiger charge is 2.66. The minimum atomic E-state index is -1.76. The maximum absolute atomic E-state index is 11.9. The zero-order chi connectivity index (χ0) is 17.0. The van der Waals surface area contributed by atoms with E-state index in [4.69, 9.17) is 10.5 Å². The van der Waals surface area contributed by atoms with Crippen molar-refractivity contribution in [1.82, 2.24) is 14.6 Å². The van der Waals surface area contributed by atoms with Gasteiger partial charge in [0.25, 0.3) is 5.56 Å². The summed E-state index contributed by atoms with van der Waals surface area (Å²) in [5.41, 5.74) is 3.65. The van der Waals surface area contributed by atoms with Crippen molar-refractivity contribution >= 4 is 43.3 Å². The van der Waals surface area contributed by atoms with Crippen LogP contribution in [0.15, 0.2) is 16.9 Å². The van der Waals surface area contributed by atoms with Gasteiger partial charge >= 0.3 is 0 Å². The van der Waals surface area contributed by atoms with E-state index in [1.54, 1.807) is 0 Å². The van der Waals surface area contributed by atoms with E-state index < -0.39 is 33.2 Å². The van der Waals surface area contributed by atoms with Crippen molar-refractivity contribution in [3.05, 3.63) is 28.2 Å². The second kappa shape index (κ2) is 5.29. The molecule has 3 heterocycles. The first-order valence-corrected chi connectivity index (χ1v) is 8.01. The van der Waals surface area contributed by atoms with E-state index in [2.05, 4.69) is 41.9 Å². The largest absolute Gasteiger partial charge is 0.394 e. The van der Waals surface area contributed by atoms with Crippen LogP contribution in [0.3, 0.4) is 0 Å². The van der Waals surface area contributed by atoms with Crippen molar-refractivity contribution in [1.29, 1.82) is 5.26 Å². The molecule has 2 aromatic rings. The molecule has 2 aromatic heterocycles. The summed E-state index contributed by atoms with van der Waals surface area (Å²) >= 11 is 6.53. The molecule has 1 aliphatic rings. The first kappa shape index (κ1) is 16.4. The SMILES string of the molecule is N#C[C@@]1(c2ccc3c(=O)[nH]c(N)nn23)O[C@H](CO)[C@H](O)C1(Br)Br. The maximum atomic E-state index is 11.9. The van der Waals surface area contributed by atoms with Crippen molar-refractivity contribution < 1.29 is 14.9 Å². The van der Waals surface area contributed by atoms with Crippen LogP contribution in [0.5, 0.6) is 0 Å². The lowest BCUT2D eigenvalue weighted by Crippen LogP contribution is -2.45. The van der Waals surface area contributed by atoms with Gasteiger partial charge in [-0.1, -0.05) is 31.9 Å². The number of hydrogen-bond donors (Lipinski definition) is 4. The Morgan fingerprint density at radius 2 is 2.26 bits per heavy atom. The summed E-state index contributed by atoms with van der Waals surface area (Å²) in [6, 6.07) is 4.93. The Bertz CT molecular complexity index is 872. The van der Waals surface area contributed by atoms with Crippen molar-refractivity contribution in [2.24, 2.45) is 0 Å². The smallest absolute Gasteiger partial charge is 0.276 e. The zero-order valence-corrected chi connectivity index (χ0v) is 14.6. The normalized spacial score (nSPS) is 29.7. The first-order valence-electron chi connectivity index (χ1n) is 6.42. The number of alkyl halides is 2. The zero-order valence-electron chi connectivity index (χ0n) is 11.4. The van der Waals surface area contributed by atoms with E-state index in [1.807, 2.05) is 6.07 Å². The number of nitrogens with one attached hydrogen (secondary N) is 1. The average Bonchev–Trinajstić information content (AvgIpc) is 2.99. The Kier molecular flexibility index (Phi) is 3.77. The predicted molar refractivity (Wildman–Crippen MR) is 86.1 cm³/mol. The van der Waals surface area contributed by atoms with Crippen LogP contribution in [0.4, 0.5) is 5.95 Å². The van der Waals surface area contributed by atoms with Crippen LogP contribution < -0.4 is 11.3 Å². The number of nitrogens with two attached hydrogens (primary N) is 1. The molecule has 1 aliphatic heterocycles. The minimum Gasteiger partial charge on any atom is -0.394 e. The van der Waals surface area contributed by atoms with E-state index in [-0.39, 0.29) is 17.2 Å². The van der Waals surface area contributed by atoms with Crippen LogP contribution in [-0.4, -0.2) is 46.9 Å². The Balaban J connectivity index is 2.32. The number of nitriles is 1. The Morgan fingerprint density at radius 3 is 2.83 bits per heavy atom. The number of fused-ring (bicyclic) bond motifs is 1. The summed E-state index contributed by atoms with van der Waals surface area (Å²) in [7, 11) is 0. The molecule has 0 spiro atoms. The fraction of sp³-hybridized carbons (Fsp3) is 0.417. The van der Waals surface area contributed by atoms with Gasteiger partial charge in [-0.2, -0.15) is 5.26 Å². The molecule has 5 N–H and O–H groups in total. The van der Waals surface area contributed by atoms with E-state index in [0.29, 0.717) is 0 Å². The highest BCUT2D eigenvalue weighted by Crippen LogP contribution is 2.55. The topological polar surface area (TPSA) is 150 Å². The quantitative estimate of drug-likeness (QED) is 0.455. The van der Waals surface area contributed by atoms with E-state index in [1.165, 1.54) is 16.6 Å². The number of rotatable bonds is 2. The second-order valence-electron chi connectivity index (χ2n) is 5.05. The molecule has 9 nitrogen and oxygen atoms in total. The number of nitrogen functional groups attached to an aromatic ring is 1. The number of aliphatic hydroxyl groups is 2. The molecule has 23 heavy (non-hydrogen) atoms. The number of aromatic nitrogens is 3. The van der Waals surface area contributed by atoms with Crippen molar-refractivity contribution in [2.45, 2.75) is 21.0 Å². The first-order chi connectivity index (χ1) is 10.8. The molecule has 1 fully saturated rings. The third-order valence-electron chi connectivity index (χ3n) is 3.76. The molecule has 0 bridgehead atoms. The number of hydrogen-bond acceptors (Lipinski definition) is 7. The van der Waals surface area contributed by atoms with Crippen molar-refractivity contribution in [3.63, 3.8) is 0 Å². The summed E-state index contributed by atoms with van der Waals surface area (Å²) in [5, 5.41) is 33.4. The van der Waals surface area contributed by atoms with Gasteiger partial charge in [0.2, 0.25) is 11.5 Å². The summed E-state index contributed by atoms with van der Waals surface area (Å²) in [6.45, 7) is -0.497. The van der Waals surface area contributed by atoms with Crippen LogP contribution in [0, 0.1) is 11.3 Å². The minimum absolute atomic E-state index is 0.139. The van der Waals surface area contributed by atoms with Crippen LogP contribution in [0.2, 0.25) is 0 Å². The summed E-state index contributed by atoms with van der Waals surface area (Å²) in [6.07, 6.45) is -2.25. The van der Waals surface area contributed by atoms with E-state index in [9.17, 15) is 20.3 Å². The number of aromatic amines is 1. The molecule has 3 atom stereocenters. The van der Waals surface area contributed by atoms with Gasteiger partial charge in [0.15, 0.2) is 3.23 Å². The highest BCUT2D eigenvalue weighted by atomic mass is 79.9. The number of aliphatic hydroxyl groups excluding tert-OH is 2. The average molecular weight is 449 g/mol. The van der Waals surface area contributed by atoms with E-state index in [0.717, 1.165) is 0 Å². The number of anilines is 1. The second-order valence-corrected chi connectivity index (χ2v) is 8.62. The molecule has 1 saturated heterocycles. The molecule has 11 heteroatoms. The lowest BCUT2D eigenvalue weighted by molar-refractivity contribution is -0.0519. The molecule has 0 aliphatic carbocycles. The molecule has 0 unspecified atom stereocenters. The van der Waals surface area contributed by atoms with Gasteiger partial charge in [0, 0.05) is 0 Å². The third-order valence-corrected chi connectivity index (χ3v) is 5.81. The summed E-state index contributed by atoms with van der Waals surface area (Å²) in [5.74, 6) is -0.139. The van der Waals surface area contributed by atoms with Gasteiger partial charge in [0.1, 0.15) is 23.8 Å². The number of ether oxygens (including phenoxy) is 1. The lowest BCUT2D eigenvalue weighted by Gasteiger charge is -2.31. The Hall–Kier alpha value is -1.45. The van der Waals surface area contributed by atoms with Gasteiger partial charge < -0.3 is 20.7 Å². The molecular formula is C12H11Br2N5O4. The molecule has 122 valence electrons. The molecule has 0 amide bonds. The molecular weight excluding hydrogens is 438 g/mol. The van der Waals surface area contributed by atoms with Crippen LogP contribution >= 0.6 is 31.9 Å². The van der Waals surface area contributed by atoms with Crippen molar-refractivity contribution in [3.8, 4) is 6.07 Å². The standard InChI is InChI=1S/C12H11Br2N5O4/c13-12(14)8(21)6(3-20)23-11(12,4-15)7-2-1-5-9(22)17-10(16)18-19(5)7/h1-2,6,8,20-21H,3H2,(H3,16,17,18,22)/t6-,8+,11+/m1/s1. The van der Waals surface area contributed by atoms with Crippen molar-refractivity contribution in [2.75, 3.05) is 12.3 Å². The summed E-state index contributed by atoms with van der Waals surface area (Å²) < 4.78 is 5.39. The van der Waals surface area contributed by atoms with Gasteiger partial charge in [0.05, 0.1) is 12.3 Å². The van der Waals surface area contributed by atoms with Crippen LogP contribution in [0.1, 0.15) is 5.69 Å². The fourth-order valence-corrected chi connectivity index (χ4v) is 3.99. The van der Waals surface area contributed by atoms with Gasteiger partial charge in [-0.3, -0.25) is 9.78 Å². The monoisotopic (exact) mass is 447 g/mol. The molecule has 3 rings (SSSR count). The predicted octanol–water partition coefficient (Wildman–Crippen LogP) is -0.438. The van der Waals surface area contributed by atoms with E-state index >= 15 is 0 Å². The van der Waals surface area contributed by atoms with Gasteiger partial charge in [-0.15, -0.1) is 5.10 Å². The number of halogens is 2. The third kappa shape index (κ3) is 2.06. The Labute approximate surface area is 145 Å².